The summed E-state index contributed by atoms with van der Waals surface area (Å²) >= 11 is 0. The average Bonchev–Trinajstić information content (AvgIpc) is 2.71. The van der Waals surface area contributed by atoms with E-state index >= 15 is 0 Å². The Hall–Kier alpha value is -3.02. The highest BCUT2D eigenvalue weighted by molar-refractivity contribution is 6.05. The van der Waals surface area contributed by atoms with Crippen LogP contribution in [-0.2, 0) is 0 Å². The van der Waals surface area contributed by atoms with Crippen LogP contribution in [0.2, 0.25) is 0 Å². The van der Waals surface area contributed by atoms with E-state index in [0.29, 0.717) is 28.3 Å². The van der Waals surface area contributed by atoms with E-state index in [1.54, 1.807) is 61.5 Å². The molecule has 0 spiro atoms. The molecule has 27 heavy (non-hydrogen) atoms. The molecule has 0 aromatic heterocycles. The van der Waals surface area contributed by atoms with E-state index in [4.69, 9.17) is 9.47 Å². The first-order valence-electron chi connectivity index (χ1n) is 8.89. The van der Waals surface area contributed by atoms with Crippen LogP contribution in [0.4, 0.5) is 5.69 Å². The van der Waals surface area contributed by atoms with Gasteiger partial charge < -0.3 is 19.7 Å². The van der Waals surface area contributed by atoms with Gasteiger partial charge >= 0.3 is 0 Å². The molecule has 0 aliphatic carbocycles. The first-order valence-corrected chi connectivity index (χ1v) is 8.89. The normalized spacial score (nSPS) is 10.2. The summed E-state index contributed by atoms with van der Waals surface area (Å²) in [5, 5.41) is 2.81. The van der Waals surface area contributed by atoms with Crippen molar-refractivity contribution in [2.75, 3.05) is 33.1 Å². The van der Waals surface area contributed by atoms with Gasteiger partial charge in [0.1, 0.15) is 0 Å². The maximum atomic E-state index is 12.4. The topological polar surface area (TPSA) is 67.9 Å². The van der Waals surface area contributed by atoms with Gasteiger partial charge in [-0.15, -0.1) is 0 Å². The molecule has 0 aliphatic heterocycles. The van der Waals surface area contributed by atoms with Crippen molar-refractivity contribution in [1.82, 2.24) is 4.90 Å². The summed E-state index contributed by atoms with van der Waals surface area (Å²) in [7, 11) is 4.88. The molecular weight excluding hydrogens is 344 g/mol. The number of rotatable bonds is 8. The lowest BCUT2D eigenvalue weighted by Crippen LogP contribution is -2.27. The number of amides is 2. The van der Waals surface area contributed by atoms with Gasteiger partial charge in [-0.3, -0.25) is 9.59 Å². The van der Waals surface area contributed by atoms with Gasteiger partial charge in [-0.25, -0.2) is 0 Å². The molecule has 0 saturated carbocycles. The van der Waals surface area contributed by atoms with Crippen molar-refractivity contribution >= 4 is 17.5 Å². The van der Waals surface area contributed by atoms with Gasteiger partial charge in [-0.2, -0.15) is 0 Å². The number of carbonyl (C=O) groups excluding carboxylic acids is 2. The van der Waals surface area contributed by atoms with Crippen LogP contribution in [0.15, 0.2) is 42.5 Å². The van der Waals surface area contributed by atoms with E-state index in [-0.39, 0.29) is 11.8 Å². The van der Waals surface area contributed by atoms with Crippen LogP contribution in [0.25, 0.3) is 0 Å². The van der Waals surface area contributed by atoms with Crippen molar-refractivity contribution in [3.05, 3.63) is 53.6 Å². The maximum Gasteiger partial charge on any atom is 0.255 e. The van der Waals surface area contributed by atoms with Crippen LogP contribution < -0.4 is 14.8 Å². The second-order valence-corrected chi connectivity index (χ2v) is 6.18. The minimum Gasteiger partial charge on any atom is -0.493 e. The highest BCUT2D eigenvalue weighted by Crippen LogP contribution is 2.29. The van der Waals surface area contributed by atoms with Gasteiger partial charge in [-0.1, -0.05) is 13.3 Å². The predicted molar refractivity (Wildman–Crippen MR) is 106 cm³/mol. The summed E-state index contributed by atoms with van der Waals surface area (Å²) in [4.78, 5) is 26.5. The van der Waals surface area contributed by atoms with Gasteiger partial charge in [0.2, 0.25) is 0 Å². The fourth-order valence-corrected chi connectivity index (χ4v) is 2.60. The maximum absolute atomic E-state index is 12.4. The number of hydrogen-bond donors (Lipinski definition) is 1. The summed E-state index contributed by atoms with van der Waals surface area (Å²) in [6.45, 7) is 2.81. The van der Waals surface area contributed by atoms with Crippen molar-refractivity contribution < 1.29 is 19.1 Å². The largest absolute Gasteiger partial charge is 0.493 e. The van der Waals surface area contributed by atoms with E-state index in [1.807, 2.05) is 0 Å². The van der Waals surface area contributed by atoms with Gasteiger partial charge in [-0.05, 0) is 42.8 Å². The zero-order valence-electron chi connectivity index (χ0n) is 16.2. The smallest absolute Gasteiger partial charge is 0.255 e. The van der Waals surface area contributed by atoms with Crippen LogP contribution in [0.3, 0.4) is 0 Å². The van der Waals surface area contributed by atoms with Gasteiger partial charge in [0.15, 0.2) is 11.5 Å². The number of hydrogen-bond acceptors (Lipinski definition) is 4. The Labute approximate surface area is 160 Å². The Kier molecular flexibility index (Phi) is 7.23. The molecule has 0 unspecified atom stereocenters. The van der Waals surface area contributed by atoms with Crippen molar-refractivity contribution in [2.24, 2.45) is 0 Å². The van der Waals surface area contributed by atoms with E-state index in [9.17, 15) is 9.59 Å². The molecule has 144 valence electrons. The van der Waals surface area contributed by atoms with Crippen LogP contribution in [0, 0.1) is 0 Å². The van der Waals surface area contributed by atoms with E-state index in [0.717, 1.165) is 19.4 Å². The number of carbonyl (C=O) groups is 2. The molecule has 0 aliphatic rings. The third-order valence-corrected chi connectivity index (χ3v) is 4.23. The van der Waals surface area contributed by atoms with Crippen molar-refractivity contribution in [2.45, 2.75) is 19.8 Å². The Morgan fingerprint density at radius 1 is 0.963 bits per heavy atom. The molecule has 0 radical (unpaired) electrons. The Morgan fingerprint density at radius 2 is 1.59 bits per heavy atom. The SMILES string of the molecule is CCCCN(C)C(=O)c1ccc(C(=O)Nc2ccc(OC)c(OC)c2)cc1. The summed E-state index contributed by atoms with van der Waals surface area (Å²) in [5.74, 6) is 0.813. The highest BCUT2D eigenvalue weighted by Gasteiger charge is 2.13. The third kappa shape index (κ3) is 5.23. The van der Waals surface area contributed by atoms with E-state index in [1.165, 1.54) is 7.11 Å². The Bertz CT molecular complexity index is 787. The van der Waals surface area contributed by atoms with Crippen molar-refractivity contribution in [1.29, 1.82) is 0 Å². The summed E-state index contributed by atoms with van der Waals surface area (Å²) in [5.41, 5.74) is 1.63. The minimum absolute atomic E-state index is 0.0460. The molecular formula is C21H26N2O4. The fourth-order valence-electron chi connectivity index (χ4n) is 2.60. The standard InChI is InChI=1S/C21H26N2O4/c1-5-6-13-23(2)21(25)16-9-7-15(8-10-16)20(24)22-17-11-12-18(26-3)19(14-17)27-4/h7-12,14H,5-6,13H2,1-4H3,(H,22,24). The predicted octanol–water partition coefficient (Wildman–Crippen LogP) is 3.83. The lowest BCUT2D eigenvalue weighted by Gasteiger charge is -2.16. The average molecular weight is 370 g/mol. The number of unbranched alkanes of at least 4 members (excludes halogenated alkanes) is 1. The van der Waals surface area contributed by atoms with Gasteiger partial charge in [0, 0.05) is 36.5 Å². The number of nitrogens with zero attached hydrogens (tertiary/aromatic N) is 1. The number of anilines is 1. The van der Waals surface area contributed by atoms with Gasteiger partial charge in [0.05, 0.1) is 14.2 Å². The van der Waals surface area contributed by atoms with Crippen LogP contribution in [0.5, 0.6) is 11.5 Å². The summed E-state index contributed by atoms with van der Waals surface area (Å²) < 4.78 is 10.4. The molecule has 0 heterocycles. The highest BCUT2D eigenvalue weighted by atomic mass is 16.5. The zero-order valence-corrected chi connectivity index (χ0v) is 16.2. The molecule has 0 bridgehead atoms. The molecule has 0 saturated heterocycles. The molecule has 2 aromatic rings. The number of ether oxygens (including phenoxy) is 2. The molecule has 6 nitrogen and oxygen atoms in total. The van der Waals surface area contributed by atoms with Crippen LogP contribution in [0.1, 0.15) is 40.5 Å². The molecule has 2 rings (SSSR count). The quantitative estimate of drug-likeness (QED) is 0.767. The zero-order chi connectivity index (χ0) is 19.8. The van der Waals surface area contributed by atoms with E-state index < -0.39 is 0 Å². The Morgan fingerprint density at radius 3 is 2.19 bits per heavy atom. The number of nitrogens with one attached hydrogen (secondary N) is 1. The fraction of sp³-hybridized carbons (Fsp3) is 0.333. The first-order chi connectivity index (χ1) is 13.0. The van der Waals surface area contributed by atoms with Crippen LogP contribution >= 0.6 is 0 Å². The van der Waals surface area contributed by atoms with Crippen molar-refractivity contribution in [3.8, 4) is 11.5 Å². The molecule has 1 N–H and O–H groups in total. The van der Waals surface area contributed by atoms with Crippen LogP contribution in [-0.4, -0.2) is 44.5 Å². The molecule has 2 amide bonds. The summed E-state index contributed by atoms with van der Waals surface area (Å²) in [6, 6.07) is 11.8. The van der Waals surface area contributed by atoms with Crippen molar-refractivity contribution in [3.63, 3.8) is 0 Å². The first kappa shape index (κ1) is 20.3. The Balaban J connectivity index is 2.06. The molecule has 2 aromatic carbocycles. The number of methoxy groups -OCH3 is 2. The summed E-state index contributed by atoms with van der Waals surface area (Å²) in [6.07, 6.45) is 2.00. The lowest BCUT2D eigenvalue weighted by molar-refractivity contribution is 0.0792. The molecule has 0 fully saturated rings. The monoisotopic (exact) mass is 370 g/mol. The molecule has 6 heteroatoms. The molecule has 0 atom stereocenters. The van der Waals surface area contributed by atoms with Gasteiger partial charge in [0.25, 0.3) is 11.8 Å². The lowest BCUT2D eigenvalue weighted by atomic mass is 10.1. The third-order valence-electron chi connectivity index (χ3n) is 4.23. The number of benzene rings is 2. The van der Waals surface area contributed by atoms with E-state index in [2.05, 4.69) is 12.2 Å². The minimum atomic E-state index is -0.263. The second kappa shape index (κ2) is 9.62. The second-order valence-electron chi connectivity index (χ2n) is 6.18.